The summed E-state index contributed by atoms with van der Waals surface area (Å²) in [5.41, 5.74) is 1.34. The minimum Gasteiger partial charge on any atom is -0.377 e. The first-order chi connectivity index (χ1) is 19.1. The van der Waals surface area contributed by atoms with Gasteiger partial charge in [-0.15, -0.1) is 0 Å². The lowest BCUT2D eigenvalue weighted by molar-refractivity contribution is -0.126. The monoisotopic (exact) mass is 629 g/mol. The number of benzene rings is 2. The standard InChI is InChI=1S/C29H38Cl3N3O4S/c1-35(2)26-8-4-3-6-21(26)14-19-9-11-20(12-10-19)17-34-27(36)18-39-29(25-7-5-13-33-25)40(37,38)28-23(31)15-22(30)16-24(28)32/h3-4,6,8,15-16,19-20,25,29,33H,5,7,9-14,17-18H2,1-2H3,(H,34,36). The van der Waals surface area contributed by atoms with Gasteiger partial charge in [-0.3, -0.25) is 4.79 Å². The van der Waals surface area contributed by atoms with Crippen LogP contribution in [0, 0.1) is 11.8 Å². The number of amides is 1. The van der Waals surface area contributed by atoms with Crippen LogP contribution in [0.4, 0.5) is 5.69 Å². The van der Waals surface area contributed by atoms with Gasteiger partial charge in [-0.1, -0.05) is 53.0 Å². The van der Waals surface area contributed by atoms with E-state index in [1.165, 1.54) is 23.4 Å². The first-order valence-electron chi connectivity index (χ1n) is 13.8. The van der Waals surface area contributed by atoms with Gasteiger partial charge in [0.25, 0.3) is 0 Å². The van der Waals surface area contributed by atoms with Crippen LogP contribution in [0.5, 0.6) is 0 Å². The van der Waals surface area contributed by atoms with E-state index in [2.05, 4.69) is 53.9 Å². The number of carbonyl (C=O) groups is 1. The van der Waals surface area contributed by atoms with Crippen LogP contribution in [0.2, 0.25) is 15.1 Å². The van der Waals surface area contributed by atoms with Crippen molar-refractivity contribution in [2.45, 2.75) is 61.3 Å². The van der Waals surface area contributed by atoms with Gasteiger partial charge in [0, 0.05) is 37.4 Å². The number of anilines is 1. The fourth-order valence-corrected chi connectivity index (χ4v) is 9.09. The normalized spacial score (nSPS) is 22.2. The molecular weight excluding hydrogens is 593 g/mol. The minimum absolute atomic E-state index is 0.0747. The number of rotatable bonds is 11. The van der Waals surface area contributed by atoms with Crippen molar-refractivity contribution >= 4 is 56.2 Å². The first kappa shape index (κ1) is 31.4. The van der Waals surface area contributed by atoms with Crippen molar-refractivity contribution in [1.82, 2.24) is 10.6 Å². The maximum Gasteiger partial charge on any atom is 0.246 e. The third-order valence-electron chi connectivity index (χ3n) is 7.90. The van der Waals surface area contributed by atoms with Crippen LogP contribution < -0.4 is 15.5 Å². The molecule has 0 aromatic heterocycles. The Morgan fingerprint density at radius 1 is 1.05 bits per heavy atom. The summed E-state index contributed by atoms with van der Waals surface area (Å²) in [6.45, 7) is 0.844. The highest BCUT2D eigenvalue weighted by Crippen LogP contribution is 2.37. The second kappa shape index (κ2) is 14.1. The van der Waals surface area contributed by atoms with E-state index in [1.807, 2.05) is 0 Å². The first-order valence-corrected chi connectivity index (χ1v) is 16.5. The molecule has 1 amide bonds. The number of hydrogen-bond donors (Lipinski definition) is 2. The zero-order chi connectivity index (χ0) is 28.9. The minimum atomic E-state index is -4.12. The van der Waals surface area contributed by atoms with Crippen LogP contribution >= 0.6 is 34.8 Å². The summed E-state index contributed by atoms with van der Waals surface area (Å²) >= 11 is 18.5. The van der Waals surface area contributed by atoms with Gasteiger partial charge in [0.15, 0.2) is 5.44 Å². The Labute approximate surface area is 252 Å². The summed E-state index contributed by atoms with van der Waals surface area (Å²) in [5, 5.41) is 6.21. The molecule has 0 radical (unpaired) electrons. The predicted octanol–water partition coefficient (Wildman–Crippen LogP) is 5.75. The topological polar surface area (TPSA) is 87.7 Å². The fourth-order valence-electron chi connectivity index (χ4n) is 5.82. The van der Waals surface area contributed by atoms with E-state index in [0.717, 1.165) is 38.5 Å². The molecule has 2 fully saturated rings. The lowest BCUT2D eigenvalue weighted by Gasteiger charge is -2.30. The third-order valence-corrected chi connectivity index (χ3v) is 11.0. The summed E-state index contributed by atoms with van der Waals surface area (Å²) in [6.07, 6.45) is 6.80. The number of para-hydroxylation sites is 1. The summed E-state index contributed by atoms with van der Waals surface area (Å²) in [4.78, 5) is 14.7. The van der Waals surface area contributed by atoms with Gasteiger partial charge in [-0.05, 0) is 87.1 Å². The largest absolute Gasteiger partial charge is 0.377 e. The Morgan fingerprint density at radius 2 is 1.70 bits per heavy atom. The average Bonchev–Trinajstić information content (AvgIpc) is 3.42. The molecular formula is C29H38Cl3N3O4S. The molecule has 1 heterocycles. The van der Waals surface area contributed by atoms with E-state index in [4.69, 9.17) is 39.5 Å². The van der Waals surface area contributed by atoms with Crippen molar-refractivity contribution in [3.05, 3.63) is 57.0 Å². The van der Waals surface area contributed by atoms with Crippen molar-refractivity contribution in [2.24, 2.45) is 11.8 Å². The average molecular weight is 631 g/mol. The Balaban J connectivity index is 1.29. The quantitative estimate of drug-likeness (QED) is 0.329. The highest BCUT2D eigenvalue weighted by Gasteiger charge is 2.40. The number of hydrogen-bond acceptors (Lipinski definition) is 6. The van der Waals surface area contributed by atoms with Gasteiger partial charge in [-0.25, -0.2) is 8.42 Å². The number of ether oxygens (including phenoxy) is 1. The Kier molecular flexibility index (Phi) is 11.0. The summed E-state index contributed by atoms with van der Waals surface area (Å²) in [5.74, 6) is 0.688. The number of carbonyl (C=O) groups excluding carboxylic acids is 1. The van der Waals surface area contributed by atoms with E-state index in [-0.39, 0.29) is 32.5 Å². The van der Waals surface area contributed by atoms with Gasteiger partial charge in [-0.2, -0.15) is 0 Å². The fraction of sp³-hybridized carbons (Fsp3) is 0.552. The van der Waals surface area contributed by atoms with Crippen LogP contribution in [0.1, 0.15) is 44.1 Å². The smallest absolute Gasteiger partial charge is 0.246 e. The lowest BCUT2D eigenvalue weighted by Crippen LogP contribution is -2.44. The van der Waals surface area contributed by atoms with Crippen molar-refractivity contribution < 1.29 is 17.9 Å². The van der Waals surface area contributed by atoms with E-state index in [1.54, 1.807) is 0 Å². The molecule has 0 spiro atoms. The zero-order valence-corrected chi connectivity index (χ0v) is 26.1. The van der Waals surface area contributed by atoms with E-state index in [9.17, 15) is 13.2 Å². The van der Waals surface area contributed by atoms with Crippen molar-refractivity contribution in [1.29, 1.82) is 0 Å². The SMILES string of the molecule is CN(C)c1ccccc1CC1CCC(CNC(=O)COC(C2CCCN2)S(=O)(=O)c2c(Cl)cc(Cl)cc2Cl)CC1. The van der Waals surface area contributed by atoms with Crippen molar-refractivity contribution in [2.75, 3.05) is 38.7 Å². The van der Waals surface area contributed by atoms with Crippen LogP contribution in [0.15, 0.2) is 41.3 Å². The summed E-state index contributed by atoms with van der Waals surface area (Å²) in [7, 11) is 0.0263. The van der Waals surface area contributed by atoms with Gasteiger partial charge >= 0.3 is 0 Å². The second-order valence-corrected chi connectivity index (χ2v) is 14.3. The molecule has 0 bridgehead atoms. The Morgan fingerprint density at radius 3 is 2.33 bits per heavy atom. The van der Waals surface area contributed by atoms with E-state index < -0.39 is 21.3 Å². The molecule has 7 nitrogen and oxygen atoms in total. The third kappa shape index (κ3) is 7.84. The molecule has 2 aromatic carbocycles. The summed E-state index contributed by atoms with van der Waals surface area (Å²) in [6, 6.07) is 10.7. The van der Waals surface area contributed by atoms with Crippen LogP contribution in [-0.2, 0) is 25.8 Å². The van der Waals surface area contributed by atoms with E-state index >= 15 is 0 Å². The Bertz CT molecular complexity index is 1250. The predicted molar refractivity (Wildman–Crippen MR) is 162 cm³/mol. The summed E-state index contributed by atoms with van der Waals surface area (Å²) < 4.78 is 33.0. The molecule has 2 atom stereocenters. The maximum absolute atomic E-state index is 13.6. The van der Waals surface area contributed by atoms with Crippen LogP contribution in [-0.4, -0.2) is 59.6 Å². The molecule has 40 heavy (non-hydrogen) atoms. The highest BCUT2D eigenvalue weighted by molar-refractivity contribution is 7.92. The molecule has 11 heteroatoms. The number of sulfone groups is 1. The second-order valence-electron chi connectivity index (χ2n) is 11.0. The van der Waals surface area contributed by atoms with Gasteiger partial charge in [0.2, 0.25) is 15.7 Å². The molecule has 2 unspecified atom stereocenters. The maximum atomic E-state index is 13.6. The van der Waals surface area contributed by atoms with Crippen LogP contribution in [0.3, 0.4) is 0 Å². The molecule has 4 rings (SSSR count). The van der Waals surface area contributed by atoms with Gasteiger partial charge in [0.05, 0.1) is 10.0 Å². The molecule has 220 valence electrons. The van der Waals surface area contributed by atoms with E-state index in [0.29, 0.717) is 31.3 Å². The van der Waals surface area contributed by atoms with Crippen LogP contribution in [0.25, 0.3) is 0 Å². The molecule has 2 aliphatic rings. The molecule has 1 saturated carbocycles. The number of nitrogens with zero attached hydrogens (tertiary/aromatic N) is 1. The van der Waals surface area contributed by atoms with Gasteiger partial charge < -0.3 is 20.3 Å². The molecule has 2 aromatic rings. The van der Waals surface area contributed by atoms with Crippen molar-refractivity contribution in [3.8, 4) is 0 Å². The number of halogens is 3. The zero-order valence-electron chi connectivity index (χ0n) is 23.0. The highest BCUT2D eigenvalue weighted by atomic mass is 35.5. The lowest BCUT2D eigenvalue weighted by atomic mass is 9.79. The van der Waals surface area contributed by atoms with Crippen molar-refractivity contribution in [3.63, 3.8) is 0 Å². The molecule has 2 N–H and O–H groups in total. The van der Waals surface area contributed by atoms with Gasteiger partial charge in [0.1, 0.15) is 11.5 Å². The Hall–Kier alpha value is -1.55. The molecule has 1 aliphatic carbocycles. The number of nitrogens with one attached hydrogen (secondary N) is 2. The molecule has 1 saturated heterocycles. The molecule has 1 aliphatic heterocycles.